The Morgan fingerprint density at radius 2 is 2.35 bits per heavy atom. The summed E-state index contributed by atoms with van der Waals surface area (Å²) in [5, 5.41) is 3.36. The predicted octanol–water partition coefficient (Wildman–Crippen LogP) is 1.82. The van der Waals surface area contributed by atoms with Gasteiger partial charge in [-0.25, -0.2) is 4.39 Å². The smallest absolute Gasteiger partial charge is 0.150 e. The third-order valence-electron chi connectivity index (χ3n) is 3.77. The second kappa shape index (κ2) is 6.61. The quantitative estimate of drug-likeness (QED) is 0.904. The van der Waals surface area contributed by atoms with Crippen molar-refractivity contribution in [1.82, 2.24) is 5.32 Å². The lowest BCUT2D eigenvalue weighted by Gasteiger charge is -2.37. The van der Waals surface area contributed by atoms with Crippen molar-refractivity contribution in [3.63, 3.8) is 0 Å². The van der Waals surface area contributed by atoms with Crippen LogP contribution in [0.1, 0.15) is 6.42 Å². The van der Waals surface area contributed by atoms with Gasteiger partial charge in [-0.3, -0.25) is 0 Å². The van der Waals surface area contributed by atoms with Gasteiger partial charge < -0.3 is 19.7 Å². The fraction of sp³-hybridized carbons (Fsp3) is 0.571. The van der Waals surface area contributed by atoms with Crippen LogP contribution in [0.5, 0.6) is 5.75 Å². The van der Waals surface area contributed by atoms with Gasteiger partial charge in [0.2, 0.25) is 0 Å². The van der Waals surface area contributed by atoms with Crippen LogP contribution in [0, 0.1) is 5.82 Å². The zero-order valence-corrected chi connectivity index (χ0v) is 12.3. The van der Waals surface area contributed by atoms with Crippen molar-refractivity contribution < 1.29 is 13.9 Å². The molecule has 1 N–H and O–H groups in total. The minimum Gasteiger partial charge on any atom is -0.486 e. The van der Waals surface area contributed by atoms with Crippen molar-refractivity contribution in [2.45, 2.75) is 18.6 Å². The number of rotatable bonds is 2. The minimum atomic E-state index is -0.206. The summed E-state index contributed by atoms with van der Waals surface area (Å²) in [6.07, 6.45) is 0.815. The van der Waals surface area contributed by atoms with Crippen molar-refractivity contribution in [1.29, 1.82) is 0 Å². The first kappa shape index (κ1) is 15.4. The molecular formula is C14H20ClFN2O2. The van der Waals surface area contributed by atoms with E-state index in [1.807, 2.05) is 6.07 Å². The molecule has 2 atom stereocenters. The van der Waals surface area contributed by atoms with E-state index in [1.54, 1.807) is 13.2 Å². The highest BCUT2D eigenvalue weighted by Gasteiger charge is 2.33. The lowest BCUT2D eigenvalue weighted by molar-refractivity contribution is 0.0745. The number of hydrogen-bond acceptors (Lipinski definition) is 4. The summed E-state index contributed by atoms with van der Waals surface area (Å²) in [4.78, 5) is 2.14. The molecule has 20 heavy (non-hydrogen) atoms. The largest absolute Gasteiger partial charge is 0.486 e. The van der Waals surface area contributed by atoms with Gasteiger partial charge in [-0.2, -0.15) is 0 Å². The number of ether oxygens (including phenoxy) is 2. The number of fused-ring (bicyclic) bond motifs is 3. The molecule has 0 radical (unpaired) electrons. The highest BCUT2D eigenvalue weighted by Crippen LogP contribution is 2.37. The van der Waals surface area contributed by atoms with Crippen LogP contribution >= 0.6 is 12.4 Å². The van der Waals surface area contributed by atoms with E-state index in [0.717, 1.165) is 26.1 Å². The van der Waals surface area contributed by atoms with Crippen LogP contribution in [0.4, 0.5) is 10.1 Å². The van der Waals surface area contributed by atoms with E-state index in [-0.39, 0.29) is 30.4 Å². The van der Waals surface area contributed by atoms with Gasteiger partial charge in [-0.15, -0.1) is 12.4 Å². The van der Waals surface area contributed by atoms with Crippen molar-refractivity contribution in [3.05, 3.63) is 24.0 Å². The molecular weight excluding hydrogens is 283 g/mol. The summed E-state index contributed by atoms with van der Waals surface area (Å²) in [7, 11) is 1.66. The second-order valence-corrected chi connectivity index (χ2v) is 5.07. The molecule has 0 unspecified atom stereocenters. The van der Waals surface area contributed by atoms with E-state index >= 15 is 0 Å². The summed E-state index contributed by atoms with van der Waals surface area (Å²) in [5.74, 6) is 0.425. The third kappa shape index (κ3) is 2.85. The molecule has 1 fully saturated rings. The Labute approximate surface area is 124 Å². The number of methoxy groups -OCH3 is 1. The maximum atomic E-state index is 14.2. The molecule has 0 saturated carbocycles. The predicted molar refractivity (Wildman–Crippen MR) is 78.6 cm³/mol. The number of para-hydroxylation sites is 1. The van der Waals surface area contributed by atoms with Gasteiger partial charge in [0, 0.05) is 39.2 Å². The lowest BCUT2D eigenvalue weighted by Crippen LogP contribution is -2.52. The highest BCUT2D eigenvalue weighted by atomic mass is 35.5. The van der Waals surface area contributed by atoms with Crippen LogP contribution in [0.25, 0.3) is 0 Å². The molecule has 3 rings (SSSR count). The fourth-order valence-electron chi connectivity index (χ4n) is 2.95. The van der Waals surface area contributed by atoms with Crippen LogP contribution in [-0.4, -0.2) is 45.5 Å². The van der Waals surface area contributed by atoms with E-state index in [0.29, 0.717) is 18.0 Å². The molecule has 2 aliphatic heterocycles. The standard InChI is InChI=1S/C14H19FN2O2.ClH/c1-18-9-11-7-10-8-16-5-6-17(10)14-12(15)3-2-4-13(14)19-11;/h2-4,10-11,16H,5-9H2,1H3;1H/t10-,11+;/m1./s1. The Morgan fingerprint density at radius 1 is 1.50 bits per heavy atom. The first-order chi connectivity index (χ1) is 9.29. The Bertz CT molecular complexity index is 461. The Morgan fingerprint density at radius 3 is 3.15 bits per heavy atom. The topological polar surface area (TPSA) is 33.7 Å². The fourth-order valence-corrected chi connectivity index (χ4v) is 2.95. The van der Waals surface area contributed by atoms with Gasteiger partial charge in [-0.1, -0.05) is 6.07 Å². The van der Waals surface area contributed by atoms with E-state index < -0.39 is 0 Å². The average Bonchev–Trinajstić information content (AvgIpc) is 2.56. The van der Waals surface area contributed by atoms with Crippen LogP contribution in [-0.2, 0) is 4.74 Å². The summed E-state index contributed by atoms with van der Waals surface area (Å²) in [6, 6.07) is 5.29. The van der Waals surface area contributed by atoms with E-state index in [2.05, 4.69) is 10.2 Å². The van der Waals surface area contributed by atoms with Crippen LogP contribution in [0.2, 0.25) is 0 Å². The number of nitrogens with zero attached hydrogens (tertiary/aromatic N) is 1. The van der Waals surface area contributed by atoms with Gasteiger partial charge in [0.1, 0.15) is 23.4 Å². The number of anilines is 1. The number of piperazine rings is 1. The van der Waals surface area contributed by atoms with E-state index in [4.69, 9.17) is 9.47 Å². The number of halogens is 2. The normalized spacial score (nSPS) is 24.8. The van der Waals surface area contributed by atoms with Crippen molar-refractivity contribution in [2.24, 2.45) is 0 Å². The molecule has 6 heteroatoms. The Hall–Kier alpha value is -1.04. The van der Waals surface area contributed by atoms with E-state index in [9.17, 15) is 4.39 Å². The van der Waals surface area contributed by atoms with Crippen LogP contribution in [0.15, 0.2) is 18.2 Å². The van der Waals surface area contributed by atoms with Crippen molar-refractivity contribution in [3.8, 4) is 5.75 Å². The van der Waals surface area contributed by atoms with E-state index in [1.165, 1.54) is 6.07 Å². The van der Waals surface area contributed by atoms with Crippen LogP contribution in [0.3, 0.4) is 0 Å². The molecule has 0 aliphatic carbocycles. The molecule has 2 aliphatic rings. The maximum Gasteiger partial charge on any atom is 0.150 e. The number of hydrogen-bond donors (Lipinski definition) is 1. The Balaban J connectivity index is 0.00000147. The molecule has 0 bridgehead atoms. The van der Waals surface area contributed by atoms with Gasteiger partial charge in [0.15, 0.2) is 0 Å². The molecule has 1 saturated heterocycles. The molecule has 2 heterocycles. The summed E-state index contributed by atoms with van der Waals surface area (Å²) in [5.41, 5.74) is 0.604. The van der Waals surface area contributed by atoms with Gasteiger partial charge in [-0.05, 0) is 12.1 Å². The first-order valence-electron chi connectivity index (χ1n) is 6.71. The second-order valence-electron chi connectivity index (χ2n) is 5.07. The molecule has 1 aromatic carbocycles. The maximum absolute atomic E-state index is 14.2. The number of nitrogens with one attached hydrogen (secondary N) is 1. The zero-order valence-electron chi connectivity index (χ0n) is 11.5. The highest BCUT2D eigenvalue weighted by molar-refractivity contribution is 5.85. The van der Waals surface area contributed by atoms with Gasteiger partial charge in [0.05, 0.1) is 6.61 Å². The molecule has 0 amide bonds. The van der Waals surface area contributed by atoms with Crippen LogP contribution < -0.4 is 15.0 Å². The van der Waals surface area contributed by atoms with Crippen molar-refractivity contribution in [2.75, 3.05) is 38.3 Å². The number of benzene rings is 1. The Kier molecular flexibility index (Phi) is 5.07. The summed E-state index contributed by atoms with van der Waals surface area (Å²) >= 11 is 0. The monoisotopic (exact) mass is 302 g/mol. The molecule has 0 spiro atoms. The average molecular weight is 303 g/mol. The lowest BCUT2D eigenvalue weighted by atomic mass is 10.1. The van der Waals surface area contributed by atoms with Gasteiger partial charge >= 0.3 is 0 Å². The van der Waals surface area contributed by atoms with Crippen molar-refractivity contribution >= 4 is 18.1 Å². The summed E-state index contributed by atoms with van der Waals surface area (Å²) < 4.78 is 25.3. The van der Waals surface area contributed by atoms with Gasteiger partial charge in [0.25, 0.3) is 0 Å². The molecule has 112 valence electrons. The summed E-state index contributed by atoms with van der Waals surface area (Å²) in [6.45, 7) is 3.07. The molecule has 0 aromatic heterocycles. The molecule has 4 nitrogen and oxygen atoms in total. The molecule has 1 aromatic rings. The zero-order chi connectivity index (χ0) is 13.2. The SMILES string of the molecule is COC[C@@H]1C[C@@H]2CNCCN2c2c(F)cccc2O1.Cl. The first-order valence-corrected chi connectivity index (χ1v) is 6.71. The minimum absolute atomic E-state index is 0. The third-order valence-corrected chi connectivity index (χ3v) is 3.77.